The Morgan fingerprint density at radius 3 is 2.79 bits per heavy atom. The number of nitrogens with zero attached hydrogens (tertiary/aromatic N) is 1. The van der Waals surface area contributed by atoms with Gasteiger partial charge in [-0.15, -0.1) is 0 Å². The SMILES string of the molecule is CNc1c2c(nc3ccc(OC)cc13)CCCCC2. The summed E-state index contributed by atoms with van der Waals surface area (Å²) in [4.78, 5) is 4.86. The summed E-state index contributed by atoms with van der Waals surface area (Å²) in [6, 6.07) is 6.12. The van der Waals surface area contributed by atoms with E-state index in [-0.39, 0.29) is 0 Å². The first-order chi connectivity index (χ1) is 9.33. The molecule has 0 bridgehead atoms. The molecule has 3 nitrogen and oxygen atoms in total. The largest absolute Gasteiger partial charge is 0.497 e. The van der Waals surface area contributed by atoms with E-state index < -0.39 is 0 Å². The topological polar surface area (TPSA) is 34.2 Å². The van der Waals surface area contributed by atoms with Crippen LogP contribution >= 0.6 is 0 Å². The number of benzene rings is 1. The van der Waals surface area contributed by atoms with Crippen molar-refractivity contribution in [2.75, 3.05) is 19.5 Å². The highest BCUT2D eigenvalue weighted by molar-refractivity contribution is 5.94. The van der Waals surface area contributed by atoms with Gasteiger partial charge >= 0.3 is 0 Å². The zero-order chi connectivity index (χ0) is 13.2. The summed E-state index contributed by atoms with van der Waals surface area (Å²) in [6.07, 6.45) is 6.06. The number of hydrogen-bond donors (Lipinski definition) is 1. The van der Waals surface area contributed by atoms with Crippen LogP contribution in [0.3, 0.4) is 0 Å². The van der Waals surface area contributed by atoms with E-state index in [2.05, 4.69) is 17.4 Å². The van der Waals surface area contributed by atoms with E-state index >= 15 is 0 Å². The molecule has 19 heavy (non-hydrogen) atoms. The first-order valence-corrected chi connectivity index (χ1v) is 7.00. The lowest BCUT2D eigenvalue weighted by Crippen LogP contribution is -2.03. The maximum atomic E-state index is 5.33. The monoisotopic (exact) mass is 256 g/mol. The second kappa shape index (κ2) is 5.08. The highest BCUT2D eigenvalue weighted by atomic mass is 16.5. The van der Waals surface area contributed by atoms with Crippen molar-refractivity contribution >= 4 is 16.6 Å². The summed E-state index contributed by atoms with van der Waals surface area (Å²) in [5.41, 5.74) is 4.98. The third-order valence-corrected chi connectivity index (χ3v) is 3.97. The van der Waals surface area contributed by atoms with Gasteiger partial charge in [0.25, 0.3) is 0 Å². The van der Waals surface area contributed by atoms with Gasteiger partial charge in [0.2, 0.25) is 0 Å². The molecule has 0 atom stereocenters. The standard InChI is InChI=1S/C16H20N2O/c1-17-16-12-6-4-3-5-7-14(12)18-15-9-8-11(19-2)10-13(15)16/h8-10H,3-7H2,1-2H3,(H,17,18). The van der Waals surface area contributed by atoms with Crippen molar-refractivity contribution in [1.29, 1.82) is 0 Å². The van der Waals surface area contributed by atoms with E-state index in [0.717, 1.165) is 24.1 Å². The van der Waals surface area contributed by atoms with Crippen molar-refractivity contribution in [3.05, 3.63) is 29.5 Å². The molecule has 0 saturated heterocycles. The number of ether oxygens (including phenoxy) is 1. The zero-order valence-corrected chi connectivity index (χ0v) is 11.6. The molecule has 3 rings (SSSR count). The molecular weight excluding hydrogens is 236 g/mol. The molecule has 2 aromatic rings. The van der Waals surface area contributed by atoms with Gasteiger partial charge in [0.15, 0.2) is 0 Å². The highest BCUT2D eigenvalue weighted by Crippen LogP contribution is 2.34. The Morgan fingerprint density at radius 2 is 2.00 bits per heavy atom. The molecule has 0 spiro atoms. The molecule has 1 aromatic carbocycles. The lowest BCUT2D eigenvalue weighted by Gasteiger charge is -2.15. The van der Waals surface area contributed by atoms with E-state index in [0.29, 0.717) is 0 Å². The van der Waals surface area contributed by atoms with Gasteiger partial charge in [-0.25, -0.2) is 0 Å². The van der Waals surface area contributed by atoms with Gasteiger partial charge in [0, 0.05) is 23.8 Å². The molecule has 0 saturated carbocycles. The average Bonchev–Trinajstić information content (AvgIpc) is 2.69. The Balaban J connectivity index is 2.27. The quantitative estimate of drug-likeness (QED) is 0.834. The molecule has 1 heterocycles. The van der Waals surface area contributed by atoms with Crippen LogP contribution in [0, 0.1) is 0 Å². The number of fused-ring (bicyclic) bond motifs is 2. The van der Waals surface area contributed by atoms with Crippen LogP contribution in [0.15, 0.2) is 18.2 Å². The van der Waals surface area contributed by atoms with Crippen LogP contribution in [-0.4, -0.2) is 19.1 Å². The number of anilines is 1. The van der Waals surface area contributed by atoms with Crippen molar-refractivity contribution in [3.8, 4) is 5.75 Å². The summed E-state index contributed by atoms with van der Waals surface area (Å²) in [5.74, 6) is 0.888. The summed E-state index contributed by atoms with van der Waals surface area (Å²) < 4.78 is 5.33. The molecule has 1 aliphatic rings. The van der Waals surface area contributed by atoms with Gasteiger partial charge in [0.05, 0.1) is 12.6 Å². The second-order valence-electron chi connectivity index (χ2n) is 5.11. The molecule has 100 valence electrons. The van der Waals surface area contributed by atoms with E-state index in [4.69, 9.17) is 9.72 Å². The minimum atomic E-state index is 0.888. The molecule has 0 fully saturated rings. The number of hydrogen-bond acceptors (Lipinski definition) is 3. The summed E-state index contributed by atoms with van der Waals surface area (Å²) >= 11 is 0. The summed E-state index contributed by atoms with van der Waals surface area (Å²) in [5, 5.41) is 4.55. The minimum Gasteiger partial charge on any atom is -0.497 e. The molecular formula is C16H20N2O. The van der Waals surface area contributed by atoms with Crippen LogP contribution in [0.25, 0.3) is 10.9 Å². The van der Waals surface area contributed by atoms with E-state index in [1.165, 1.54) is 41.6 Å². The van der Waals surface area contributed by atoms with Gasteiger partial charge in [-0.3, -0.25) is 4.98 Å². The fraction of sp³-hybridized carbons (Fsp3) is 0.438. The van der Waals surface area contributed by atoms with Crippen molar-refractivity contribution in [2.24, 2.45) is 0 Å². The van der Waals surface area contributed by atoms with E-state index in [1.54, 1.807) is 7.11 Å². The van der Waals surface area contributed by atoms with Crippen LogP contribution in [-0.2, 0) is 12.8 Å². The number of nitrogens with one attached hydrogen (secondary N) is 1. The zero-order valence-electron chi connectivity index (χ0n) is 11.6. The Labute approximate surface area is 114 Å². The van der Waals surface area contributed by atoms with Gasteiger partial charge in [0.1, 0.15) is 5.75 Å². The van der Waals surface area contributed by atoms with Crippen LogP contribution in [0.1, 0.15) is 30.5 Å². The molecule has 3 heteroatoms. The predicted octanol–water partition coefficient (Wildman–Crippen LogP) is 3.55. The molecule has 1 N–H and O–H groups in total. The van der Waals surface area contributed by atoms with Crippen LogP contribution in [0.2, 0.25) is 0 Å². The van der Waals surface area contributed by atoms with Crippen molar-refractivity contribution in [3.63, 3.8) is 0 Å². The van der Waals surface area contributed by atoms with Crippen molar-refractivity contribution in [1.82, 2.24) is 4.98 Å². The fourth-order valence-electron chi connectivity index (χ4n) is 2.99. The smallest absolute Gasteiger partial charge is 0.119 e. The minimum absolute atomic E-state index is 0.888. The molecule has 0 radical (unpaired) electrons. The highest BCUT2D eigenvalue weighted by Gasteiger charge is 2.16. The van der Waals surface area contributed by atoms with Crippen LogP contribution in [0.4, 0.5) is 5.69 Å². The normalized spacial score (nSPS) is 14.8. The Bertz CT molecular complexity index is 607. The van der Waals surface area contributed by atoms with Gasteiger partial charge in [-0.1, -0.05) is 6.42 Å². The van der Waals surface area contributed by atoms with Gasteiger partial charge in [-0.05, 0) is 49.4 Å². The Kier molecular flexibility index (Phi) is 3.28. The maximum Gasteiger partial charge on any atom is 0.119 e. The molecule has 0 amide bonds. The number of methoxy groups -OCH3 is 1. The first-order valence-electron chi connectivity index (χ1n) is 7.00. The number of rotatable bonds is 2. The molecule has 0 unspecified atom stereocenters. The number of aromatic nitrogens is 1. The van der Waals surface area contributed by atoms with Gasteiger partial charge < -0.3 is 10.1 Å². The van der Waals surface area contributed by atoms with Gasteiger partial charge in [-0.2, -0.15) is 0 Å². The second-order valence-corrected chi connectivity index (χ2v) is 5.11. The lowest BCUT2D eigenvalue weighted by molar-refractivity contribution is 0.415. The van der Waals surface area contributed by atoms with Crippen LogP contribution < -0.4 is 10.1 Å². The van der Waals surface area contributed by atoms with Crippen molar-refractivity contribution in [2.45, 2.75) is 32.1 Å². The Morgan fingerprint density at radius 1 is 1.16 bits per heavy atom. The van der Waals surface area contributed by atoms with Crippen molar-refractivity contribution < 1.29 is 4.74 Å². The van der Waals surface area contributed by atoms with E-state index in [1.807, 2.05) is 13.1 Å². The maximum absolute atomic E-state index is 5.33. The molecule has 1 aromatic heterocycles. The summed E-state index contributed by atoms with van der Waals surface area (Å²) in [6.45, 7) is 0. The fourth-order valence-corrected chi connectivity index (χ4v) is 2.99. The van der Waals surface area contributed by atoms with Crippen LogP contribution in [0.5, 0.6) is 5.75 Å². The number of pyridine rings is 1. The molecule has 0 aliphatic heterocycles. The molecule has 1 aliphatic carbocycles. The number of aryl methyl sites for hydroxylation is 1. The predicted molar refractivity (Wildman–Crippen MR) is 79.1 cm³/mol. The summed E-state index contributed by atoms with van der Waals surface area (Å²) in [7, 11) is 3.70. The third-order valence-electron chi connectivity index (χ3n) is 3.97. The lowest BCUT2D eigenvalue weighted by atomic mass is 10.0. The average molecular weight is 256 g/mol. The Hall–Kier alpha value is -1.77. The first kappa shape index (κ1) is 12.3. The van der Waals surface area contributed by atoms with E-state index in [9.17, 15) is 0 Å². The third kappa shape index (κ3) is 2.14.